The summed E-state index contributed by atoms with van der Waals surface area (Å²) >= 11 is 0. The molecule has 2 aromatic carbocycles. The van der Waals surface area contributed by atoms with Gasteiger partial charge in [0.25, 0.3) is 0 Å². The van der Waals surface area contributed by atoms with Crippen LogP contribution in [0.4, 0.5) is 0 Å². The summed E-state index contributed by atoms with van der Waals surface area (Å²) in [5.41, 5.74) is 22.4. The van der Waals surface area contributed by atoms with E-state index in [-0.39, 0.29) is 43.9 Å². The van der Waals surface area contributed by atoms with Crippen LogP contribution in [0.2, 0.25) is 0 Å². The zero-order chi connectivity index (χ0) is 54.2. The number of amides is 8. The van der Waals surface area contributed by atoms with Gasteiger partial charge in [-0.25, -0.2) is 0 Å². The molecular weight excluding hydrogens is 953 g/mol. The standard InChI is InChI=1S/C44H62N12O16/c1-21(43(71)72)50-39(67)29(18-24-10-12-25(58)13-11-24)53-37(65)28(14-15-33(60)61)52-41(69)31(20-34(62)63)54-40(68)30(17-23-7-4-3-5-8-23)55-42(70)35(22(2)57)56-38(66)27(9-6-16-49-44(47)48)51-36(64)26(45)19-32(46)59/h3-5,7-8,10-13,21-22,26-31,35,57-58H,6,9,14-20,45H2,1-2H3,(H2,46,59)(H,50,67)(H,51,64)(H,52,69)(H,53,65)(H,54,68)(H,55,70)(H,56,66)(H,60,61)(H,62,63)(H,71,72)(H4,47,48,49)/t21-,22+,26-,27-,28-,29-,30-,31-,35-/m0/s1. The number of rotatable bonds is 31. The first-order valence-electron chi connectivity index (χ1n) is 22.2. The van der Waals surface area contributed by atoms with Gasteiger partial charge in [0.1, 0.15) is 48.0 Å². The Labute approximate surface area is 411 Å². The molecule has 0 aliphatic heterocycles. The van der Waals surface area contributed by atoms with Crippen LogP contribution in [-0.2, 0) is 65.6 Å². The summed E-state index contributed by atoms with van der Waals surface area (Å²) in [5.74, 6) is -13.8. The molecule has 0 saturated carbocycles. The fourth-order valence-corrected chi connectivity index (χ4v) is 6.53. The minimum absolute atomic E-state index is 0.0140. The molecule has 0 aliphatic rings. The van der Waals surface area contributed by atoms with Gasteiger partial charge >= 0.3 is 17.9 Å². The Morgan fingerprint density at radius 1 is 0.556 bits per heavy atom. The zero-order valence-corrected chi connectivity index (χ0v) is 39.2. The van der Waals surface area contributed by atoms with Crippen LogP contribution < -0.4 is 60.2 Å². The van der Waals surface area contributed by atoms with Gasteiger partial charge in [0, 0.05) is 25.8 Å². The molecule has 2 aromatic rings. The molecule has 394 valence electrons. The van der Waals surface area contributed by atoms with E-state index < -0.39 is 145 Å². The molecule has 0 radical (unpaired) electrons. The summed E-state index contributed by atoms with van der Waals surface area (Å²) in [6.45, 7) is 2.23. The van der Waals surface area contributed by atoms with E-state index in [1.807, 2.05) is 0 Å². The van der Waals surface area contributed by atoms with Gasteiger partial charge in [-0.05, 0) is 56.4 Å². The number of aliphatic hydroxyl groups is 1. The van der Waals surface area contributed by atoms with Crippen LogP contribution in [0.15, 0.2) is 59.6 Å². The molecule has 0 spiro atoms. The Morgan fingerprint density at radius 2 is 1.03 bits per heavy atom. The number of hydrogen-bond acceptors (Lipinski definition) is 15. The van der Waals surface area contributed by atoms with E-state index in [1.165, 1.54) is 24.3 Å². The second-order valence-electron chi connectivity index (χ2n) is 16.4. The molecule has 20 N–H and O–H groups in total. The van der Waals surface area contributed by atoms with Gasteiger partial charge in [-0.1, -0.05) is 42.5 Å². The Kier molecular flexibility index (Phi) is 24.5. The van der Waals surface area contributed by atoms with Crippen LogP contribution in [0.5, 0.6) is 5.75 Å². The van der Waals surface area contributed by atoms with Crippen molar-refractivity contribution in [1.29, 1.82) is 0 Å². The van der Waals surface area contributed by atoms with Crippen LogP contribution in [0.3, 0.4) is 0 Å². The number of guanidine groups is 1. The van der Waals surface area contributed by atoms with E-state index >= 15 is 0 Å². The maximum Gasteiger partial charge on any atom is 0.325 e. The number of aliphatic carboxylic acids is 3. The van der Waals surface area contributed by atoms with Crippen molar-refractivity contribution >= 4 is 71.1 Å². The highest BCUT2D eigenvalue weighted by Gasteiger charge is 2.36. The smallest absolute Gasteiger partial charge is 0.325 e. The minimum Gasteiger partial charge on any atom is -0.508 e. The molecule has 0 aliphatic carbocycles. The highest BCUT2D eigenvalue weighted by Crippen LogP contribution is 2.13. The number of nitrogens with zero attached hydrogens (tertiary/aromatic N) is 1. The quantitative estimate of drug-likeness (QED) is 0.0190. The van der Waals surface area contributed by atoms with Crippen LogP contribution in [0.25, 0.3) is 0 Å². The molecule has 8 amide bonds. The van der Waals surface area contributed by atoms with Gasteiger partial charge in [0.2, 0.25) is 47.3 Å². The van der Waals surface area contributed by atoms with Crippen molar-refractivity contribution < 1.29 is 78.3 Å². The number of primary amides is 1. The molecule has 28 nitrogen and oxygen atoms in total. The third kappa shape index (κ3) is 21.9. The molecular formula is C44H62N12O16. The average molecular weight is 1020 g/mol. The second-order valence-corrected chi connectivity index (χ2v) is 16.4. The first kappa shape index (κ1) is 59.7. The Bertz CT molecular complexity index is 2280. The summed E-state index contributed by atoms with van der Waals surface area (Å²) in [4.78, 5) is 146. The van der Waals surface area contributed by atoms with Crippen molar-refractivity contribution in [3.63, 3.8) is 0 Å². The Morgan fingerprint density at radius 3 is 1.56 bits per heavy atom. The van der Waals surface area contributed by atoms with Crippen LogP contribution >= 0.6 is 0 Å². The topological polar surface area (TPSA) is 490 Å². The molecule has 0 saturated heterocycles. The number of aliphatic imine (C=N–C) groups is 1. The SMILES string of the molecule is C[C@H](NC(=O)[C@H](Cc1ccc(O)cc1)NC(=O)[C@H](CCC(=O)O)NC(=O)[C@H](CC(=O)O)NC(=O)[C@H](Cc1ccccc1)NC(=O)[C@@H](NC(=O)[C@H](CCCN=C(N)N)NC(=O)[C@@H](N)CC(N)=O)[C@@H](C)O)C(=O)O. The fraction of sp³-hybridized carbons (Fsp3) is 0.455. The van der Waals surface area contributed by atoms with E-state index in [2.05, 4.69) is 42.2 Å². The Balaban J connectivity index is 2.48. The molecule has 0 aromatic heterocycles. The van der Waals surface area contributed by atoms with Crippen molar-refractivity contribution in [3.8, 4) is 5.75 Å². The first-order chi connectivity index (χ1) is 33.8. The lowest BCUT2D eigenvalue weighted by atomic mass is 10.0. The summed E-state index contributed by atoms with van der Waals surface area (Å²) in [5, 5.41) is 65.1. The number of carbonyl (C=O) groups excluding carboxylic acids is 8. The molecule has 2 rings (SSSR count). The van der Waals surface area contributed by atoms with E-state index in [9.17, 15) is 78.3 Å². The molecule has 0 unspecified atom stereocenters. The number of aliphatic hydroxyl groups excluding tert-OH is 1. The molecule has 72 heavy (non-hydrogen) atoms. The number of phenolic OH excluding ortho intramolecular Hbond substituents is 1. The van der Waals surface area contributed by atoms with E-state index in [0.717, 1.165) is 13.8 Å². The highest BCUT2D eigenvalue weighted by molar-refractivity contribution is 5.99. The van der Waals surface area contributed by atoms with Crippen LogP contribution in [0, 0.1) is 0 Å². The van der Waals surface area contributed by atoms with Gasteiger partial charge in [0.05, 0.1) is 25.0 Å². The fourth-order valence-electron chi connectivity index (χ4n) is 6.53. The van der Waals surface area contributed by atoms with Gasteiger partial charge in [0.15, 0.2) is 5.96 Å². The first-order valence-corrected chi connectivity index (χ1v) is 22.2. The van der Waals surface area contributed by atoms with Crippen LogP contribution in [-0.4, -0.2) is 158 Å². The van der Waals surface area contributed by atoms with Gasteiger partial charge < -0.3 is 85.7 Å². The summed E-state index contributed by atoms with van der Waals surface area (Å²) in [7, 11) is 0. The molecule has 0 fully saturated rings. The van der Waals surface area contributed by atoms with Gasteiger partial charge in [-0.2, -0.15) is 0 Å². The second kappa shape index (κ2) is 29.6. The molecule has 0 heterocycles. The number of nitrogens with one attached hydrogen (secondary N) is 7. The average Bonchev–Trinajstić information content (AvgIpc) is 3.29. The molecule has 9 atom stereocenters. The largest absolute Gasteiger partial charge is 0.508 e. The number of benzene rings is 2. The summed E-state index contributed by atoms with van der Waals surface area (Å²) in [6.07, 6.45) is -5.60. The Hall–Kier alpha value is -8.40. The van der Waals surface area contributed by atoms with Crippen molar-refractivity contribution in [2.75, 3.05) is 6.54 Å². The number of hydrogen-bond donors (Lipinski definition) is 16. The normalized spacial score (nSPS) is 14.6. The lowest BCUT2D eigenvalue weighted by molar-refractivity contribution is -0.142. The number of phenols is 1. The van der Waals surface area contributed by atoms with E-state index in [0.29, 0.717) is 11.1 Å². The van der Waals surface area contributed by atoms with Crippen LogP contribution in [0.1, 0.15) is 63.5 Å². The number of carboxylic acid groups (broad SMARTS) is 3. The number of aromatic hydroxyl groups is 1. The van der Waals surface area contributed by atoms with E-state index in [1.54, 1.807) is 30.3 Å². The lowest BCUT2D eigenvalue weighted by Crippen LogP contribution is -2.62. The van der Waals surface area contributed by atoms with Gasteiger partial charge in [-0.15, -0.1) is 0 Å². The number of carboxylic acids is 3. The summed E-state index contributed by atoms with van der Waals surface area (Å²) < 4.78 is 0. The minimum atomic E-state index is -2.05. The third-order valence-corrected chi connectivity index (χ3v) is 10.3. The van der Waals surface area contributed by atoms with Gasteiger partial charge in [-0.3, -0.25) is 57.7 Å². The predicted octanol–water partition coefficient (Wildman–Crippen LogP) is -5.35. The monoisotopic (exact) mass is 1010 g/mol. The highest BCUT2D eigenvalue weighted by atomic mass is 16.4. The molecule has 0 bridgehead atoms. The molecule has 28 heteroatoms. The maximum atomic E-state index is 14.1. The van der Waals surface area contributed by atoms with Crippen molar-refractivity contribution in [2.24, 2.45) is 27.9 Å². The summed E-state index contributed by atoms with van der Waals surface area (Å²) in [6, 6.07) is -0.190. The number of nitrogens with two attached hydrogens (primary N) is 4. The zero-order valence-electron chi connectivity index (χ0n) is 39.2. The van der Waals surface area contributed by atoms with Crippen molar-refractivity contribution in [2.45, 2.75) is 120 Å². The van der Waals surface area contributed by atoms with E-state index in [4.69, 9.17) is 22.9 Å². The predicted molar refractivity (Wildman–Crippen MR) is 251 cm³/mol. The van der Waals surface area contributed by atoms with Crippen molar-refractivity contribution in [1.82, 2.24) is 37.2 Å². The lowest BCUT2D eigenvalue weighted by Gasteiger charge is -2.28. The third-order valence-electron chi connectivity index (χ3n) is 10.3. The number of carbonyl (C=O) groups is 11. The maximum absolute atomic E-state index is 14.1. The van der Waals surface area contributed by atoms with Crippen molar-refractivity contribution in [3.05, 3.63) is 65.7 Å².